The first kappa shape index (κ1) is 17.7. The second-order valence-electron chi connectivity index (χ2n) is 5.58. The molecule has 0 amide bonds. The van der Waals surface area contributed by atoms with Crippen molar-refractivity contribution in [3.05, 3.63) is 11.4 Å². The third-order valence-electron chi connectivity index (χ3n) is 3.33. The fourth-order valence-electron chi connectivity index (χ4n) is 2.02. The first-order valence-electron chi connectivity index (χ1n) is 7.92. The molecule has 0 bridgehead atoms. The van der Waals surface area contributed by atoms with Crippen molar-refractivity contribution in [2.45, 2.75) is 47.0 Å². The second kappa shape index (κ2) is 8.82. The average Bonchev–Trinajstić information content (AvgIpc) is 2.46. The van der Waals surface area contributed by atoms with Crippen LogP contribution in [0.1, 0.15) is 51.4 Å². The zero-order chi connectivity index (χ0) is 15.8. The van der Waals surface area contributed by atoms with E-state index < -0.39 is 0 Å². The van der Waals surface area contributed by atoms with E-state index in [1.54, 1.807) is 0 Å². The Labute approximate surface area is 129 Å². The summed E-state index contributed by atoms with van der Waals surface area (Å²) in [4.78, 5) is 11.6. The molecule has 5 heteroatoms. The van der Waals surface area contributed by atoms with E-state index in [4.69, 9.17) is 9.72 Å². The summed E-state index contributed by atoms with van der Waals surface area (Å²) in [6.07, 6.45) is 1.08. The number of hydrogen-bond acceptors (Lipinski definition) is 5. The van der Waals surface area contributed by atoms with Crippen molar-refractivity contribution in [2.24, 2.45) is 0 Å². The van der Waals surface area contributed by atoms with E-state index >= 15 is 0 Å². The molecule has 1 N–H and O–H groups in total. The molecule has 0 spiro atoms. The van der Waals surface area contributed by atoms with E-state index in [1.807, 2.05) is 6.92 Å². The lowest BCUT2D eigenvalue weighted by molar-refractivity contribution is 0.154. The number of nitrogens with one attached hydrogen (secondary N) is 1. The Morgan fingerprint density at radius 2 is 1.95 bits per heavy atom. The van der Waals surface area contributed by atoms with Crippen LogP contribution in [0.4, 0.5) is 11.6 Å². The average molecular weight is 294 g/mol. The number of aromatic nitrogens is 2. The van der Waals surface area contributed by atoms with E-state index in [1.165, 1.54) is 0 Å². The number of anilines is 2. The highest BCUT2D eigenvalue weighted by Crippen LogP contribution is 2.25. The summed E-state index contributed by atoms with van der Waals surface area (Å²) in [6.45, 7) is 13.7. The summed E-state index contributed by atoms with van der Waals surface area (Å²) < 4.78 is 5.44. The Balaban J connectivity index is 3.01. The minimum atomic E-state index is 0.312. The van der Waals surface area contributed by atoms with Gasteiger partial charge in [-0.05, 0) is 20.3 Å². The fourth-order valence-corrected chi connectivity index (χ4v) is 2.02. The molecule has 0 aliphatic rings. The van der Waals surface area contributed by atoms with Gasteiger partial charge in [0, 0.05) is 38.2 Å². The van der Waals surface area contributed by atoms with Gasteiger partial charge in [-0.2, -0.15) is 0 Å². The summed E-state index contributed by atoms with van der Waals surface area (Å²) >= 11 is 0. The highest BCUT2D eigenvalue weighted by Gasteiger charge is 2.15. The molecule has 1 aromatic rings. The Morgan fingerprint density at radius 3 is 2.52 bits per heavy atom. The summed E-state index contributed by atoms with van der Waals surface area (Å²) in [5, 5.41) is 3.41. The minimum Gasteiger partial charge on any atom is -0.380 e. The Morgan fingerprint density at radius 1 is 1.24 bits per heavy atom. The molecule has 0 saturated heterocycles. The number of ether oxygens (including phenoxy) is 1. The zero-order valence-corrected chi connectivity index (χ0v) is 14.4. The number of rotatable bonds is 9. The summed E-state index contributed by atoms with van der Waals surface area (Å²) in [7, 11) is 2.06. The molecule has 120 valence electrons. The molecule has 0 radical (unpaired) electrons. The van der Waals surface area contributed by atoms with Gasteiger partial charge in [-0.1, -0.05) is 20.8 Å². The molecule has 1 heterocycles. The zero-order valence-electron chi connectivity index (χ0n) is 14.4. The number of nitrogens with zero attached hydrogens (tertiary/aromatic N) is 3. The van der Waals surface area contributed by atoms with Gasteiger partial charge in [0.05, 0.1) is 6.61 Å². The maximum atomic E-state index is 5.44. The van der Waals surface area contributed by atoms with Crippen molar-refractivity contribution < 1.29 is 4.74 Å². The van der Waals surface area contributed by atoms with Crippen LogP contribution < -0.4 is 10.2 Å². The number of hydrogen-bond donors (Lipinski definition) is 1. The monoisotopic (exact) mass is 294 g/mol. The normalized spacial score (nSPS) is 11.0. The van der Waals surface area contributed by atoms with Crippen LogP contribution in [0.2, 0.25) is 0 Å². The van der Waals surface area contributed by atoms with Crippen LogP contribution in [0.25, 0.3) is 0 Å². The maximum Gasteiger partial charge on any atom is 0.137 e. The van der Waals surface area contributed by atoms with Gasteiger partial charge in [0.2, 0.25) is 0 Å². The van der Waals surface area contributed by atoms with Gasteiger partial charge in [-0.3, -0.25) is 0 Å². The maximum absolute atomic E-state index is 5.44. The number of likely N-dealkylation sites (N-methyl/N-ethyl adjacent to an activating group) is 1. The van der Waals surface area contributed by atoms with E-state index in [-0.39, 0.29) is 0 Å². The molecule has 1 aromatic heterocycles. The van der Waals surface area contributed by atoms with Crippen LogP contribution in [0.15, 0.2) is 0 Å². The lowest BCUT2D eigenvalue weighted by Crippen LogP contribution is -2.26. The van der Waals surface area contributed by atoms with E-state index in [0.29, 0.717) is 12.5 Å². The van der Waals surface area contributed by atoms with Crippen molar-refractivity contribution in [1.82, 2.24) is 9.97 Å². The first-order valence-corrected chi connectivity index (χ1v) is 7.92. The van der Waals surface area contributed by atoms with Crippen molar-refractivity contribution in [1.29, 1.82) is 0 Å². The third-order valence-corrected chi connectivity index (χ3v) is 3.33. The molecule has 0 aliphatic heterocycles. The first-order chi connectivity index (χ1) is 10.0. The lowest BCUT2D eigenvalue weighted by atomic mass is 10.2. The standard InChI is InChI=1S/C16H30N4O/c1-7-9-17-15-13(5)16(19-14(18-15)12(3)4)20(6)10-11-21-8-2/h12H,7-11H2,1-6H3,(H,17,18,19). The third kappa shape index (κ3) is 5.16. The van der Waals surface area contributed by atoms with Gasteiger partial charge in [0.15, 0.2) is 0 Å². The fraction of sp³-hybridized carbons (Fsp3) is 0.750. The van der Waals surface area contributed by atoms with Crippen molar-refractivity contribution in [2.75, 3.05) is 43.6 Å². The van der Waals surface area contributed by atoms with E-state index in [2.05, 4.69) is 49.9 Å². The van der Waals surface area contributed by atoms with Gasteiger partial charge in [-0.15, -0.1) is 0 Å². The molecule has 21 heavy (non-hydrogen) atoms. The molecular weight excluding hydrogens is 264 g/mol. The van der Waals surface area contributed by atoms with Crippen LogP contribution in [0.3, 0.4) is 0 Å². The lowest BCUT2D eigenvalue weighted by Gasteiger charge is -2.23. The van der Waals surface area contributed by atoms with Crippen LogP contribution in [-0.2, 0) is 4.74 Å². The van der Waals surface area contributed by atoms with Crippen LogP contribution in [0, 0.1) is 6.92 Å². The predicted molar refractivity (Wildman–Crippen MR) is 89.4 cm³/mol. The van der Waals surface area contributed by atoms with E-state index in [0.717, 1.165) is 49.1 Å². The summed E-state index contributed by atoms with van der Waals surface area (Å²) in [5.74, 6) is 3.14. The van der Waals surface area contributed by atoms with Gasteiger partial charge < -0.3 is 15.0 Å². The Kier molecular flexibility index (Phi) is 7.43. The van der Waals surface area contributed by atoms with Crippen molar-refractivity contribution in [3.63, 3.8) is 0 Å². The van der Waals surface area contributed by atoms with Gasteiger partial charge in [-0.25, -0.2) is 9.97 Å². The smallest absolute Gasteiger partial charge is 0.137 e. The summed E-state index contributed by atoms with van der Waals surface area (Å²) in [5.41, 5.74) is 1.10. The molecular formula is C16H30N4O. The molecule has 0 aliphatic carbocycles. The molecule has 0 saturated carbocycles. The molecule has 0 atom stereocenters. The van der Waals surface area contributed by atoms with Crippen LogP contribution in [0.5, 0.6) is 0 Å². The second-order valence-corrected chi connectivity index (χ2v) is 5.58. The SMILES string of the molecule is CCCNc1nc(C(C)C)nc(N(C)CCOCC)c1C. The molecule has 0 aromatic carbocycles. The van der Waals surface area contributed by atoms with Gasteiger partial charge >= 0.3 is 0 Å². The van der Waals surface area contributed by atoms with Gasteiger partial charge in [0.25, 0.3) is 0 Å². The highest BCUT2D eigenvalue weighted by molar-refractivity contribution is 5.58. The Bertz CT molecular complexity index is 435. The molecule has 0 fully saturated rings. The largest absolute Gasteiger partial charge is 0.380 e. The van der Waals surface area contributed by atoms with Crippen LogP contribution >= 0.6 is 0 Å². The quantitative estimate of drug-likeness (QED) is 0.709. The van der Waals surface area contributed by atoms with Crippen molar-refractivity contribution >= 4 is 11.6 Å². The highest BCUT2D eigenvalue weighted by atomic mass is 16.5. The van der Waals surface area contributed by atoms with E-state index in [9.17, 15) is 0 Å². The molecule has 0 unspecified atom stereocenters. The molecule has 5 nitrogen and oxygen atoms in total. The van der Waals surface area contributed by atoms with Gasteiger partial charge in [0.1, 0.15) is 17.5 Å². The predicted octanol–water partition coefficient (Wildman–Crippen LogP) is 3.20. The topological polar surface area (TPSA) is 50.3 Å². The molecule has 1 rings (SSSR count). The van der Waals surface area contributed by atoms with Crippen molar-refractivity contribution in [3.8, 4) is 0 Å². The van der Waals surface area contributed by atoms with Crippen LogP contribution in [-0.4, -0.2) is 43.3 Å². The summed E-state index contributed by atoms with van der Waals surface area (Å²) in [6, 6.07) is 0. The Hall–Kier alpha value is -1.36. The minimum absolute atomic E-state index is 0.312.